The Kier molecular flexibility index (Phi) is 4.39. The van der Waals surface area contributed by atoms with E-state index in [0.29, 0.717) is 12.0 Å². The molecule has 0 radical (unpaired) electrons. The first-order chi connectivity index (χ1) is 10.6. The number of ether oxygens (including phenoxy) is 1. The summed E-state index contributed by atoms with van der Waals surface area (Å²) in [5.41, 5.74) is 1.16. The van der Waals surface area contributed by atoms with Crippen molar-refractivity contribution in [3.05, 3.63) is 29.8 Å². The van der Waals surface area contributed by atoms with Crippen molar-refractivity contribution in [1.82, 2.24) is 10.2 Å². The summed E-state index contributed by atoms with van der Waals surface area (Å²) in [6.45, 7) is 0.769. The van der Waals surface area contributed by atoms with Crippen molar-refractivity contribution in [2.24, 2.45) is 11.8 Å². The molecule has 4 nitrogen and oxygen atoms in total. The molecule has 0 saturated heterocycles. The smallest absolute Gasteiger partial charge is 0.223 e. The number of nitrogens with one attached hydrogen (secondary N) is 1. The van der Waals surface area contributed by atoms with Crippen LogP contribution in [0, 0.1) is 11.8 Å². The van der Waals surface area contributed by atoms with Crippen molar-refractivity contribution in [2.45, 2.75) is 31.2 Å². The summed E-state index contributed by atoms with van der Waals surface area (Å²) >= 11 is 0. The zero-order valence-electron chi connectivity index (χ0n) is 13.7. The molecule has 1 aromatic carbocycles. The fraction of sp³-hybridized carbons (Fsp3) is 0.611. The molecule has 0 bridgehead atoms. The minimum atomic E-state index is 0.110. The zero-order valence-corrected chi connectivity index (χ0v) is 13.7. The molecular formula is C18H26N2O2. The molecule has 3 atom stereocenters. The molecular weight excluding hydrogens is 276 g/mol. The van der Waals surface area contributed by atoms with E-state index in [1.54, 1.807) is 7.11 Å². The van der Waals surface area contributed by atoms with Crippen LogP contribution in [0.25, 0.3) is 0 Å². The van der Waals surface area contributed by atoms with Gasteiger partial charge in [-0.2, -0.15) is 0 Å². The number of para-hydroxylation sites is 1. The first-order valence-corrected chi connectivity index (χ1v) is 8.19. The molecule has 4 heteroatoms. The van der Waals surface area contributed by atoms with Crippen LogP contribution in [-0.4, -0.2) is 44.6 Å². The fourth-order valence-electron chi connectivity index (χ4n) is 3.39. The van der Waals surface area contributed by atoms with E-state index in [0.717, 1.165) is 30.2 Å². The Bertz CT molecular complexity index is 538. The van der Waals surface area contributed by atoms with E-state index < -0.39 is 0 Å². The monoisotopic (exact) mass is 302 g/mol. The molecule has 1 N–H and O–H groups in total. The van der Waals surface area contributed by atoms with Crippen LogP contribution in [0.1, 0.15) is 30.7 Å². The number of carbonyl (C=O) groups excluding carboxylic acids is 1. The van der Waals surface area contributed by atoms with Gasteiger partial charge in [-0.1, -0.05) is 18.2 Å². The van der Waals surface area contributed by atoms with Gasteiger partial charge in [0.2, 0.25) is 5.91 Å². The summed E-state index contributed by atoms with van der Waals surface area (Å²) in [7, 11) is 5.89. The van der Waals surface area contributed by atoms with Gasteiger partial charge in [0, 0.05) is 18.5 Å². The van der Waals surface area contributed by atoms with Crippen LogP contribution in [-0.2, 0) is 4.79 Å². The highest BCUT2D eigenvalue weighted by Gasteiger charge is 2.45. The zero-order chi connectivity index (χ0) is 15.7. The van der Waals surface area contributed by atoms with Gasteiger partial charge >= 0.3 is 0 Å². The lowest BCUT2D eigenvalue weighted by molar-refractivity contribution is -0.122. The van der Waals surface area contributed by atoms with E-state index in [9.17, 15) is 4.79 Å². The van der Waals surface area contributed by atoms with Gasteiger partial charge in [0.05, 0.1) is 7.11 Å². The van der Waals surface area contributed by atoms with Gasteiger partial charge in [-0.05, 0) is 56.8 Å². The highest BCUT2D eigenvalue weighted by Crippen LogP contribution is 2.50. The minimum Gasteiger partial charge on any atom is -0.496 e. The number of hydrogen-bond acceptors (Lipinski definition) is 3. The topological polar surface area (TPSA) is 41.6 Å². The van der Waals surface area contributed by atoms with E-state index in [1.165, 1.54) is 12.8 Å². The molecule has 1 unspecified atom stereocenters. The summed E-state index contributed by atoms with van der Waals surface area (Å²) in [4.78, 5) is 14.6. The van der Waals surface area contributed by atoms with Crippen LogP contribution in [0.3, 0.4) is 0 Å². The van der Waals surface area contributed by atoms with Crippen LogP contribution in [0.15, 0.2) is 24.3 Å². The lowest BCUT2D eigenvalue weighted by Gasteiger charge is -2.24. The summed E-state index contributed by atoms with van der Waals surface area (Å²) in [6.07, 6.45) is 3.53. The summed E-state index contributed by atoms with van der Waals surface area (Å²) in [5, 5.41) is 3.16. The number of hydrogen-bond donors (Lipinski definition) is 1. The third-order valence-electron chi connectivity index (χ3n) is 4.98. The Morgan fingerprint density at radius 3 is 2.73 bits per heavy atom. The highest BCUT2D eigenvalue weighted by molar-refractivity contribution is 5.83. The van der Waals surface area contributed by atoms with E-state index in [2.05, 4.69) is 30.4 Å². The Balaban J connectivity index is 1.54. The molecule has 0 aromatic heterocycles. The molecule has 2 fully saturated rings. The molecule has 0 heterocycles. The first kappa shape index (κ1) is 15.3. The van der Waals surface area contributed by atoms with Crippen molar-refractivity contribution < 1.29 is 9.53 Å². The number of rotatable bonds is 7. The molecule has 3 rings (SSSR count). The van der Waals surface area contributed by atoms with Gasteiger partial charge in [-0.25, -0.2) is 0 Å². The summed E-state index contributed by atoms with van der Waals surface area (Å²) in [6, 6.07) is 8.51. The Morgan fingerprint density at radius 2 is 2.09 bits per heavy atom. The van der Waals surface area contributed by atoms with Gasteiger partial charge in [0.15, 0.2) is 0 Å². The maximum atomic E-state index is 12.4. The maximum Gasteiger partial charge on any atom is 0.223 e. The van der Waals surface area contributed by atoms with Crippen LogP contribution in [0.2, 0.25) is 0 Å². The number of nitrogens with zero attached hydrogens (tertiary/aromatic N) is 1. The number of likely N-dealkylation sites (N-methyl/N-ethyl adjacent to an activating group) is 1. The van der Waals surface area contributed by atoms with E-state index >= 15 is 0 Å². The fourth-order valence-corrected chi connectivity index (χ4v) is 3.39. The molecule has 1 amide bonds. The predicted molar refractivity (Wildman–Crippen MR) is 87.1 cm³/mol. The molecule has 0 spiro atoms. The largest absolute Gasteiger partial charge is 0.496 e. The van der Waals surface area contributed by atoms with E-state index in [-0.39, 0.29) is 11.8 Å². The van der Waals surface area contributed by atoms with E-state index in [1.807, 2.05) is 18.2 Å². The summed E-state index contributed by atoms with van der Waals surface area (Å²) in [5.74, 6) is 2.28. The first-order valence-electron chi connectivity index (χ1n) is 8.19. The second-order valence-electron chi connectivity index (χ2n) is 6.80. The quantitative estimate of drug-likeness (QED) is 0.840. The molecule has 2 aliphatic carbocycles. The van der Waals surface area contributed by atoms with Crippen LogP contribution < -0.4 is 10.1 Å². The van der Waals surface area contributed by atoms with Crippen molar-refractivity contribution in [3.8, 4) is 5.75 Å². The second-order valence-corrected chi connectivity index (χ2v) is 6.80. The number of amides is 1. The standard InChI is InChI=1S/C18H26N2O2/c1-20(2)16(12-8-9-12)11-19-18(21)15-10-14(15)13-6-4-5-7-17(13)22-3/h4-7,12,14-16H,8-11H2,1-3H3,(H,19,21)/t14-,15+,16?/m0/s1. The third kappa shape index (κ3) is 3.27. The lowest BCUT2D eigenvalue weighted by Crippen LogP contribution is -2.42. The molecule has 120 valence electrons. The van der Waals surface area contributed by atoms with Crippen LogP contribution >= 0.6 is 0 Å². The van der Waals surface area contributed by atoms with Gasteiger partial charge in [0.1, 0.15) is 5.75 Å². The van der Waals surface area contributed by atoms with Gasteiger partial charge in [0.25, 0.3) is 0 Å². The molecule has 0 aliphatic heterocycles. The van der Waals surface area contributed by atoms with E-state index in [4.69, 9.17) is 4.74 Å². The van der Waals surface area contributed by atoms with Crippen molar-refractivity contribution in [2.75, 3.05) is 27.7 Å². The lowest BCUT2D eigenvalue weighted by atomic mass is 10.1. The average molecular weight is 302 g/mol. The molecule has 2 aliphatic rings. The Labute approximate surface area is 132 Å². The van der Waals surface area contributed by atoms with Crippen molar-refractivity contribution in [3.63, 3.8) is 0 Å². The van der Waals surface area contributed by atoms with Crippen molar-refractivity contribution in [1.29, 1.82) is 0 Å². The van der Waals surface area contributed by atoms with Crippen LogP contribution in [0.4, 0.5) is 0 Å². The normalized spacial score (nSPS) is 24.9. The average Bonchev–Trinajstić information content (AvgIpc) is 3.39. The Morgan fingerprint density at radius 1 is 1.36 bits per heavy atom. The van der Waals surface area contributed by atoms with Crippen molar-refractivity contribution >= 4 is 5.91 Å². The SMILES string of the molecule is COc1ccccc1[C@@H]1C[C@H]1C(=O)NCC(C1CC1)N(C)C. The Hall–Kier alpha value is -1.55. The van der Waals surface area contributed by atoms with Gasteiger partial charge in [-0.3, -0.25) is 4.79 Å². The number of methoxy groups -OCH3 is 1. The molecule has 22 heavy (non-hydrogen) atoms. The molecule has 2 saturated carbocycles. The third-order valence-corrected chi connectivity index (χ3v) is 4.98. The highest BCUT2D eigenvalue weighted by atomic mass is 16.5. The maximum absolute atomic E-state index is 12.4. The predicted octanol–water partition coefficient (Wildman–Crippen LogP) is 2.26. The second kappa shape index (κ2) is 6.29. The van der Waals surface area contributed by atoms with Gasteiger partial charge < -0.3 is 15.0 Å². The minimum absolute atomic E-state index is 0.110. The number of benzene rings is 1. The van der Waals surface area contributed by atoms with Crippen LogP contribution in [0.5, 0.6) is 5.75 Å². The number of carbonyl (C=O) groups is 1. The molecule has 1 aromatic rings. The summed E-state index contributed by atoms with van der Waals surface area (Å²) < 4.78 is 5.41. The van der Waals surface area contributed by atoms with Gasteiger partial charge in [-0.15, -0.1) is 0 Å².